The molecule has 0 radical (unpaired) electrons. The lowest BCUT2D eigenvalue weighted by molar-refractivity contribution is -0.124. The normalized spacial score (nSPS) is 12.3. The lowest BCUT2D eigenvalue weighted by Gasteiger charge is -2.14. The van der Waals surface area contributed by atoms with Crippen molar-refractivity contribution >= 4 is 27.4 Å². The zero-order valence-electron chi connectivity index (χ0n) is 12.4. The van der Waals surface area contributed by atoms with Crippen LogP contribution in [-0.4, -0.2) is 20.1 Å². The van der Waals surface area contributed by atoms with Crippen LogP contribution in [0.15, 0.2) is 58.2 Å². The van der Waals surface area contributed by atoms with Crippen molar-refractivity contribution in [3.8, 4) is 0 Å². The molecule has 1 unspecified atom stereocenters. The molecule has 2 heterocycles. The number of carbonyl (C=O) groups is 1. The van der Waals surface area contributed by atoms with E-state index in [9.17, 15) is 9.59 Å². The summed E-state index contributed by atoms with van der Waals surface area (Å²) in [6.45, 7) is 2.04. The SMILES string of the molecule is CC(C(=O)NCc1ccccc1Br)n1ncn2cccc2c1=O. The quantitative estimate of drug-likeness (QED) is 0.760. The number of hydrogen-bond donors (Lipinski definition) is 1. The fourth-order valence-electron chi connectivity index (χ4n) is 2.32. The summed E-state index contributed by atoms with van der Waals surface area (Å²) in [4.78, 5) is 24.7. The summed E-state index contributed by atoms with van der Waals surface area (Å²) >= 11 is 3.44. The molecule has 1 atom stereocenters. The van der Waals surface area contributed by atoms with Crippen LogP contribution in [0.1, 0.15) is 18.5 Å². The molecule has 0 aliphatic rings. The topological polar surface area (TPSA) is 68.4 Å². The van der Waals surface area contributed by atoms with Crippen molar-refractivity contribution in [1.82, 2.24) is 19.5 Å². The molecule has 7 heteroatoms. The first-order valence-corrected chi connectivity index (χ1v) is 7.93. The van der Waals surface area contributed by atoms with Gasteiger partial charge in [0.05, 0.1) is 0 Å². The first-order valence-electron chi connectivity index (χ1n) is 7.13. The molecule has 0 bridgehead atoms. The molecular formula is C16H15BrN4O2. The number of amides is 1. The molecule has 0 aliphatic carbocycles. The zero-order chi connectivity index (χ0) is 16.4. The molecule has 118 valence electrons. The lowest BCUT2D eigenvalue weighted by Crippen LogP contribution is -2.37. The molecule has 3 aromatic rings. The van der Waals surface area contributed by atoms with Crippen molar-refractivity contribution < 1.29 is 4.79 Å². The Hall–Kier alpha value is -2.41. The summed E-state index contributed by atoms with van der Waals surface area (Å²) in [7, 11) is 0. The van der Waals surface area contributed by atoms with Crippen LogP contribution < -0.4 is 10.9 Å². The average molecular weight is 375 g/mol. The fraction of sp³-hybridized carbons (Fsp3) is 0.188. The highest BCUT2D eigenvalue weighted by atomic mass is 79.9. The summed E-state index contributed by atoms with van der Waals surface area (Å²) in [5.41, 5.74) is 1.17. The number of nitrogens with one attached hydrogen (secondary N) is 1. The van der Waals surface area contributed by atoms with Crippen LogP contribution in [0.4, 0.5) is 0 Å². The Labute approximate surface area is 140 Å². The highest BCUT2D eigenvalue weighted by Crippen LogP contribution is 2.15. The van der Waals surface area contributed by atoms with Crippen molar-refractivity contribution in [2.24, 2.45) is 0 Å². The van der Waals surface area contributed by atoms with Crippen LogP contribution >= 0.6 is 15.9 Å². The van der Waals surface area contributed by atoms with E-state index in [4.69, 9.17) is 0 Å². The minimum Gasteiger partial charge on any atom is -0.350 e. The van der Waals surface area contributed by atoms with Gasteiger partial charge in [0, 0.05) is 17.2 Å². The van der Waals surface area contributed by atoms with Gasteiger partial charge >= 0.3 is 0 Å². The van der Waals surface area contributed by atoms with E-state index in [1.54, 1.807) is 29.7 Å². The maximum absolute atomic E-state index is 12.4. The van der Waals surface area contributed by atoms with E-state index < -0.39 is 6.04 Å². The van der Waals surface area contributed by atoms with Crippen LogP contribution in [0.25, 0.3) is 5.52 Å². The number of halogens is 1. The Bertz CT molecular complexity index is 916. The van der Waals surface area contributed by atoms with Crippen molar-refractivity contribution in [1.29, 1.82) is 0 Å². The van der Waals surface area contributed by atoms with E-state index in [2.05, 4.69) is 26.3 Å². The first-order chi connectivity index (χ1) is 11.1. The molecule has 23 heavy (non-hydrogen) atoms. The number of fused-ring (bicyclic) bond motifs is 1. The standard InChI is InChI=1S/C16H15BrN4O2/c1-11(15(22)18-9-12-5-2-3-6-13(12)17)21-16(23)14-7-4-8-20(14)10-19-21/h2-8,10-11H,9H2,1H3,(H,18,22). The highest BCUT2D eigenvalue weighted by Gasteiger charge is 2.18. The van der Waals surface area contributed by atoms with Crippen molar-refractivity contribution in [3.63, 3.8) is 0 Å². The summed E-state index contributed by atoms with van der Waals surface area (Å²) in [5, 5.41) is 6.90. The molecule has 0 fully saturated rings. The molecule has 6 nitrogen and oxygen atoms in total. The number of benzene rings is 1. The molecular weight excluding hydrogens is 360 g/mol. The maximum atomic E-state index is 12.4. The van der Waals surface area contributed by atoms with Gasteiger partial charge in [-0.25, -0.2) is 4.68 Å². The van der Waals surface area contributed by atoms with Gasteiger partial charge in [-0.1, -0.05) is 34.1 Å². The number of aromatic nitrogens is 3. The van der Waals surface area contributed by atoms with Gasteiger partial charge in [0.25, 0.3) is 5.56 Å². The third kappa shape index (κ3) is 3.05. The number of hydrogen-bond acceptors (Lipinski definition) is 3. The van der Waals surface area contributed by atoms with Crippen LogP contribution in [-0.2, 0) is 11.3 Å². The molecule has 3 rings (SSSR count). The number of nitrogens with zero attached hydrogens (tertiary/aromatic N) is 3. The van der Waals surface area contributed by atoms with E-state index in [1.807, 2.05) is 24.3 Å². The largest absolute Gasteiger partial charge is 0.350 e. The summed E-state index contributed by atoms with van der Waals surface area (Å²) in [5.74, 6) is -0.258. The summed E-state index contributed by atoms with van der Waals surface area (Å²) in [6.07, 6.45) is 3.26. The summed E-state index contributed by atoms with van der Waals surface area (Å²) < 4.78 is 3.76. The number of rotatable bonds is 4. The minimum atomic E-state index is -0.690. The molecule has 0 aliphatic heterocycles. The molecule has 0 saturated heterocycles. The van der Waals surface area contributed by atoms with Gasteiger partial charge in [-0.2, -0.15) is 5.10 Å². The predicted octanol–water partition coefficient (Wildman–Crippen LogP) is 2.14. The van der Waals surface area contributed by atoms with Gasteiger partial charge in [0.1, 0.15) is 17.9 Å². The second-order valence-electron chi connectivity index (χ2n) is 5.17. The second kappa shape index (κ2) is 6.37. The van der Waals surface area contributed by atoms with Crippen LogP contribution in [0.3, 0.4) is 0 Å². The fourth-order valence-corrected chi connectivity index (χ4v) is 2.74. The second-order valence-corrected chi connectivity index (χ2v) is 6.02. The highest BCUT2D eigenvalue weighted by molar-refractivity contribution is 9.10. The van der Waals surface area contributed by atoms with Gasteiger partial charge < -0.3 is 9.72 Å². The van der Waals surface area contributed by atoms with Gasteiger partial charge in [0.2, 0.25) is 5.91 Å². The summed E-state index contributed by atoms with van der Waals surface area (Å²) in [6, 6.07) is 10.4. The van der Waals surface area contributed by atoms with Gasteiger partial charge in [0.15, 0.2) is 0 Å². The third-order valence-corrected chi connectivity index (χ3v) is 4.44. The van der Waals surface area contributed by atoms with E-state index in [-0.39, 0.29) is 11.5 Å². The van der Waals surface area contributed by atoms with Crippen LogP contribution in [0.2, 0.25) is 0 Å². The van der Waals surface area contributed by atoms with Gasteiger partial charge in [-0.15, -0.1) is 0 Å². The van der Waals surface area contributed by atoms with E-state index in [0.717, 1.165) is 10.0 Å². The predicted molar refractivity (Wildman–Crippen MR) is 90.2 cm³/mol. The maximum Gasteiger partial charge on any atom is 0.291 e. The molecule has 0 saturated carbocycles. The molecule has 2 aromatic heterocycles. The zero-order valence-corrected chi connectivity index (χ0v) is 14.0. The Balaban J connectivity index is 1.77. The Kier molecular flexibility index (Phi) is 4.29. The van der Waals surface area contributed by atoms with Crippen molar-refractivity contribution in [3.05, 3.63) is 69.3 Å². The van der Waals surface area contributed by atoms with E-state index in [0.29, 0.717) is 12.1 Å². The molecule has 1 amide bonds. The van der Waals surface area contributed by atoms with Crippen molar-refractivity contribution in [2.45, 2.75) is 19.5 Å². The molecule has 0 spiro atoms. The van der Waals surface area contributed by atoms with E-state index in [1.165, 1.54) is 11.0 Å². The van der Waals surface area contributed by atoms with E-state index >= 15 is 0 Å². The van der Waals surface area contributed by atoms with Crippen LogP contribution in [0.5, 0.6) is 0 Å². The van der Waals surface area contributed by atoms with Crippen molar-refractivity contribution in [2.75, 3.05) is 0 Å². The smallest absolute Gasteiger partial charge is 0.291 e. The molecule has 1 aromatic carbocycles. The van der Waals surface area contributed by atoms with Gasteiger partial charge in [-0.05, 0) is 30.7 Å². The minimum absolute atomic E-state index is 0.258. The Morgan fingerprint density at radius 1 is 1.30 bits per heavy atom. The average Bonchev–Trinajstić information content (AvgIpc) is 3.03. The van der Waals surface area contributed by atoms with Crippen LogP contribution in [0, 0.1) is 0 Å². The van der Waals surface area contributed by atoms with Gasteiger partial charge in [-0.3, -0.25) is 9.59 Å². The molecule has 1 N–H and O–H groups in total. The Morgan fingerprint density at radius 2 is 2.09 bits per heavy atom. The monoisotopic (exact) mass is 374 g/mol. The lowest BCUT2D eigenvalue weighted by atomic mass is 10.2. The Morgan fingerprint density at radius 3 is 2.87 bits per heavy atom. The third-order valence-electron chi connectivity index (χ3n) is 3.66. The first kappa shape index (κ1) is 15.5. The number of carbonyl (C=O) groups excluding carboxylic acids is 1.